The summed E-state index contributed by atoms with van der Waals surface area (Å²) in [6, 6.07) is 0. The first-order valence-electron chi connectivity index (χ1n) is 6.41. The summed E-state index contributed by atoms with van der Waals surface area (Å²) in [4.78, 5) is 7.59. The Morgan fingerprint density at radius 3 is 2.37 bits per heavy atom. The molecule has 0 radical (unpaired) electrons. The molecule has 1 aliphatic rings. The zero-order valence-electron chi connectivity index (χ0n) is 11.1. The van der Waals surface area contributed by atoms with Crippen LogP contribution < -0.4 is 0 Å². The molecule has 1 saturated heterocycles. The van der Waals surface area contributed by atoms with Crippen LogP contribution in [0.4, 0.5) is 0 Å². The van der Waals surface area contributed by atoms with Crippen LogP contribution in [0.2, 0.25) is 5.28 Å². The highest BCUT2D eigenvalue weighted by molar-refractivity contribution is 7.89. The number of rotatable bonds is 4. The Kier molecular flexibility index (Phi) is 4.13. The predicted octanol–water partition coefficient (Wildman–Crippen LogP) is 2.33. The van der Waals surface area contributed by atoms with Crippen molar-refractivity contribution in [2.24, 2.45) is 5.41 Å². The second-order valence-electron chi connectivity index (χ2n) is 4.98. The molecule has 7 heteroatoms. The standard InChI is InChI=1S/C12H18ClN3O2S/c1-3-12(4-2)5-6-16(9-12)19(17,18)10-7-14-11(13)15-8-10/h7-8H,3-6,9H2,1-2H3. The fraction of sp³-hybridized carbons (Fsp3) is 0.667. The van der Waals surface area contributed by atoms with Crippen LogP contribution in [0.3, 0.4) is 0 Å². The van der Waals surface area contributed by atoms with Crippen LogP contribution in [-0.4, -0.2) is 35.8 Å². The van der Waals surface area contributed by atoms with E-state index in [0.29, 0.717) is 13.1 Å². The summed E-state index contributed by atoms with van der Waals surface area (Å²) in [5.41, 5.74) is 0.111. The van der Waals surface area contributed by atoms with Gasteiger partial charge in [-0.2, -0.15) is 4.31 Å². The molecule has 1 fully saturated rings. The van der Waals surface area contributed by atoms with Crippen molar-refractivity contribution in [1.82, 2.24) is 14.3 Å². The fourth-order valence-electron chi connectivity index (χ4n) is 2.51. The number of hydrogen-bond donors (Lipinski definition) is 0. The molecule has 2 rings (SSSR count). The van der Waals surface area contributed by atoms with E-state index in [-0.39, 0.29) is 15.6 Å². The quantitative estimate of drug-likeness (QED) is 0.801. The molecule has 0 unspecified atom stereocenters. The smallest absolute Gasteiger partial charge is 0.225 e. The first-order chi connectivity index (χ1) is 8.93. The Labute approximate surface area is 119 Å². The maximum atomic E-state index is 12.5. The van der Waals surface area contributed by atoms with Gasteiger partial charge < -0.3 is 0 Å². The van der Waals surface area contributed by atoms with Gasteiger partial charge in [-0.05, 0) is 36.3 Å². The third-order valence-electron chi connectivity index (χ3n) is 4.14. The van der Waals surface area contributed by atoms with Crippen LogP contribution in [0.15, 0.2) is 17.3 Å². The van der Waals surface area contributed by atoms with Crippen molar-refractivity contribution in [2.45, 2.75) is 38.0 Å². The van der Waals surface area contributed by atoms with E-state index in [2.05, 4.69) is 23.8 Å². The van der Waals surface area contributed by atoms with Gasteiger partial charge in [-0.15, -0.1) is 0 Å². The van der Waals surface area contributed by atoms with E-state index in [9.17, 15) is 8.42 Å². The average molecular weight is 304 g/mol. The first-order valence-corrected chi connectivity index (χ1v) is 8.23. The molecule has 0 saturated carbocycles. The summed E-state index contributed by atoms with van der Waals surface area (Å²) in [7, 11) is -3.50. The molecule has 19 heavy (non-hydrogen) atoms. The Morgan fingerprint density at radius 2 is 1.89 bits per heavy atom. The Balaban J connectivity index is 2.25. The number of aromatic nitrogens is 2. The van der Waals surface area contributed by atoms with Gasteiger partial charge in [0.2, 0.25) is 15.3 Å². The summed E-state index contributed by atoms with van der Waals surface area (Å²) in [6.07, 6.45) is 5.43. The molecule has 0 aliphatic carbocycles. The van der Waals surface area contributed by atoms with E-state index in [0.717, 1.165) is 19.3 Å². The molecule has 0 bridgehead atoms. The van der Waals surface area contributed by atoms with E-state index < -0.39 is 10.0 Å². The molecule has 0 N–H and O–H groups in total. The minimum absolute atomic E-state index is 0.0526. The molecule has 0 spiro atoms. The van der Waals surface area contributed by atoms with Crippen LogP contribution in [-0.2, 0) is 10.0 Å². The molecule has 5 nitrogen and oxygen atoms in total. The molecular formula is C12H18ClN3O2S. The van der Waals surface area contributed by atoms with Gasteiger partial charge in [0.25, 0.3) is 0 Å². The highest BCUT2D eigenvalue weighted by atomic mass is 35.5. The highest BCUT2D eigenvalue weighted by Gasteiger charge is 2.40. The molecular weight excluding hydrogens is 286 g/mol. The second-order valence-corrected chi connectivity index (χ2v) is 7.26. The SMILES string of the molecule is CCC1(CC)CCN(S(=O)(=O)c2cnc(Cl)nc2)C1. The maximum absolute atomic E-state index is 12.5. The number of hydrogen-bond acceptors (Lipinski definition) is 4. The van der Waals surface area contributed by atoms with Gasteiger partial charge in [-0.1, -0.05) is 13.8 Å². The largest absolute Gasteiger partial charge is 0.246 e. The van der Waals surface area contributed by atoms with Gasteiger partial charge >= 0.3 is 0 Å². The van der Waals surface area contributed by atoms with Gasteiger partial charge in [0, 0.05) is 13.1 Å². The number of sulfonamides is 1. The lowest BCUT2D eigenvalue weighted by Crippen LogP contribution is -2.32. The summed E-state index contributed by atoms with van der Waals surface area (Å²) in [6.45, 7) is 5.37. The topological polar surface area (TPSA) is 63.2 Å². The van der Waals surface area contributed by atoms with Gasteiger partial charge in [0.05, 0.1) is 12.4 Å². The molecule has 0 aromatic carbocycles. The third kappa shape index (κ3) is 2.75. The van der Waals surface area contributed by atoms with Crippen LogP contribution in [0.5, 0.6) is 0 Å². The first kappa shape index (κ1) is 14.7. The van der Waals surface area contributed by atoms with E-state index in [1.54, 1.807) is 0 Å². The predicted molar refractivity (Wildman–Crippen MR) is 73.4 cm³/mol. The van der Waals surface area contributed by atoms with Crippen LogP contribution in [0.25, 0.3) is 0 Å². The summed E-state index contributed by atoms with van der Waals surface area (Å²) >= 11 is 5.58. The molecule has 0 atom stereocenters. The van der Waals surface area contributed by atoms with Crippen molar-refractivity contribution in [3.63, 3.8) is 0 Å². The Bertz CT molecular complexity index is 541. The minimum Gasteiger partial charge on any atom is -0.225 e. The lowest BCUT2D eigenvalue weighted by atomic mass is 9.82. The molecule has 1 aliphatic heterocycles. The highest BCUT2D eigenvalue weighted by Crippen LogP contribution is 2.39. The normalized spacial score (nSPS) is 19.7. The third-order valence-corrected chi connectivity index (χ3v) is 6.13. The van der Waals surface area contributed by atoms with Gasteiger partial charge in [-0.25, -0.2) is 18.4 Å². The second kappa shape index (κ2) is 5.34. The van der Waals surface area contributed by atoms with Crippen molar-refractivity contribution in [3.8, 4) is 0 Å². The number of halogens is 1. The van der Waals surface area contributed by atoms with E-state index in [4.69, 9.17) is 11.6 Å². The lowest BCUT2D eigenvalue weighted by Gasteiger charge is -2.26. The van der Waals surface area contributed by atoms with Crippen molar-refractivity contribution in [2.75, 3.05) is 13.1 Å². The summed E-state index contributed by atoms with van der Waals surface area (Å²) in [5.74, 6) is 0. The molecule has 1 aromatic heterocycles. The van der Waals surface area contributed by atoms with E-state index >= 15 is 0 Å². The maximum Gasteiger partial charge on any atom is 0.246 e. The van der Waals surface area contributed by atoms with Crippen molar-refractivity contribution in [1.29, 1.82) is 0 Å². The zero-order valence-corrected chi connectivity index (χ0v) is 12.7. The van der Waals surface area contributed by atoms with Crippen LogP contribution >= 0.6 is 11.6 Å². The van der Waals surface area contributed by atoms with Gasteiger partial charge in [0.1, 0.15) is 4.90 Å². The van der Waals surface area contributed by atoms with Gasteiger partial charge in [0.15, 0.2) is 0 Å². The van der Waals surface area contributed by atoms with Crippen molar-refractivity contribution in [3.05, 3.63) is 17.7 Å². The van der Waals surface area contributed by atoms with Crippen LogP contribution in [0.1, 0.15) is 33.1 Å². The lowest BCUT2D eigenvalue weighted by molar-refractivity contribution is 0.279. The Morgan fingerprint density at radius 1 is 1.32 bits per heavy atom. The molecule has 106 valence electrons. The zero-order chi connectivity index (χ0) is 14.1. The van der Waals surface area contributed by atoms with Gasteiger partial charge in [-0.3, -0.25) is 0 Å². The van der Waals surface area contributed by atoms with Crippen molar-refractivity contribution >= 4 is 21.6 Å². The fourth-order valence-corrected chi connectivity index (χ4v) is 4.05. The number of nitrogens with zero attached hydrogens (tertiary/aromatic N) is 3. The monoisotopic (exact) mass is 303 g/mol. The average Bonchev–Trinajstić information content (AvgIpc) is 2.85. The molecule has 0 amide bonds. The molecule has 1 aromatic rings. The molecule has 2 heterocycles. The van der Waals surface area contributed by atoms with Crippen LogP contribution in [0, 0.1) is 5.41 Å². The van der Waals surface area contributed by atoms with Crippen molar-refractivity contribution < 1.29 is 8.42 Å². The summed E-state index contributed by atoms with van der Waals surface area (Å²) < 4.78 is 26.5. The van der Waals surface area contributed by atoms with E-state index in [1.165, 1.54) is 16.7 Å². The van der Waals surface area contributed by atoms with E-state index in [1.807, 2.05) is 0 Å². The minimum atomic E-state index is -3.50. The Hall–Kier alpha value is -0.720. The summed E-state index contributed by atoms with van der Waals surface area (Å²) in [5, 5.41) is 0.0526.